The lowest BCUT2D eigenvalue weighted by Gasteiger charge is -2.24. The lowest BCUT2D eigenvalue weighted by Crippen LogP contribution is -2.20. The zero-order valence-electron chi connectivity index (χ0n) is 8.06. The van der Waals surface area contributed by atoms with Gasteiger partial charge in [0, 0.05) is 5.92 Å². The molecular formula is C9H16ClN3O. The summed E-state index contributed by atoms with van der Waals surface area (Å²) in [7, 11) is 0. The first-order chi connectivity index (χ1) is 6.40. The molecule has 0 bridgehead atoms. The van der Waals surface area contributed by atoms with Crippen molar-refractivity contribution in [2.75, 3.05) is 6.54 Å². The third-order valence-electron chi connectivity index (χ3n) is 2.91. The Kier molecular flexibility index (Phi) is 4.35. The molecule has 1 saturated carbocycles. The average molecular weight is 218 g/mol. The van der Waals surface area contributed by atoms with Crippen molar-refractivity contribution in [3.05, 3.63) is 12.3 Å². The van der Waals surface area contributed by atoms with Crippen LogP contribution >= 0.6 is 12.4 Å². The maximum atomic E-state index is 5.62. The Morgan fingerprint density at radius 2 is 2.07 bits per heavy atom. The molecule has 0 spiro atoms. The normalized spacial score (nSPS) is 26.9. The zero-order valence-corrected chi connectivity index (χ0v) is 8.87. The largest absolute Gasteiger partial charge is 0.428 e. The molecule has 80 valence electrons. The van der Waals surface area contributed by atoms with Crippen LogP contribution in [0, 0.1) is 5.92 Å². The highest BCUT2D eigenvalue weighted by molar-refractivity contribution is 5.85. The second kappa shape index (κ2) is 5.32. The minimum absolute atomic E-state index is 0. The summed E-state index contributed by atoms with van der Waals surface area (Å²) in [6, 6.07) is 0. The van der Waals surface area contributed by atoms with Crippen molar-refractivity contribution in [3.63, 3.8) is 0 Å². The van der Waals surface area contributed by atoms with E-state index in [4.69, 9.17) is 10.2 Å². The summed E-state index contributed by atoms with van der Waals surface area (Å²) in [5.74, 6) is 1.99. The Labute approximate surface area is 89.7 Å². The van der Waals surface area contributed by atoms with Crippen molar-refractivity contribution in [1.29, 1.82) is 0 Å². The van der Waals surface area contributed by atoms with Crippen LogP contribution in [0.4, 0.5) is 0 Å². The number of halogens is 1. The number of hydrogen-bond donors (Lipinski definition) is 1. The molecule has 0 radical (unpaired) electrons. The van der Waals surface area contributed by atoms with Crippen molar-refractivity contribution in [3.8, 4) is 0 Å². The highest BCUT2D eigenvalue weighted by Gasteiger charge is 2.24. The SMILES string of the molecule is Cl.NCC1CCC(c2nnco2)CC1. The highest BCUT2D eigenvalue weighted by Crippen LogP contribution is 2.34. The van der Waals surface area contributed by atoms with Crippen LogP contribution in [0.2, 0.25) is 0 Å². The summed E-state index contributed by atoms with van der Waals surface area (Å²) in [5, 5.41) is 7.64. The van der Waals surface area contributed by atoms with E-state index in [0.29, 0.717) is 11.8 Å². The topological polar surface area (TPSA) is 64.9 Å². The maximum Gasteiger partial charge on any atom is 0.219 e. The molecule has 1 fully saturated rings. The molecule has 0 saturated heterocycles. The highest BCUT2D eigenvalue weighted by atomic mass is 35.5. The number of aromatic nitrogens is 2. The fourth-order valence-electron chi connectivity index (χ4n) is 2.00. The predicted octanol–water partition coefficient (Wildman–Crippen LogP) is 1.72. The van der Waals surface area contributed by atoms with E-state index < -0.39 is 0 Å². The van der Waals surface area contributed by atoms with Gasteiger partial charge >= 0.3 is 0 Å². The molecule has 0 aromatic carbocycles. The Morgan fingerprint density at radius 3 is 2.57 bits per heavy atom. The molecule has 1 heterocycles. The molecule has 2 rings (SSSR count). The maximum absolute atomic E-state index is 5.62. The van der Waals surface area contributed by atoms with E-state index in [1.165, 1.54) is 19.2 Å². The first-order valence-corrected chi connectivity index (χ1v) is 4.86. The van der Waals surface area contributed by atoms with Gasteiger partial charge in [-0.05, 0) is 38.1 Å². The molecule has 1 aromatic rings. The van der Waals surface area contributed by atoms with E-state index in [1.54, 1.807) is 0 Å². The van der Waals surface area contributed by atoms with Crippen LogP contribution in [-0.4, -0.2) is 16.7 Å². The smallest absolute Gasteiger partial charge is 0.219 e. The van der Waals surface area contributed by atoms with Crippen molar-refractivity contribution in [2.45, 2.75) is 31.6 Å². The second-order valence-corrected chi connectivity index (χ2v) is 3.73. The Morgan fingerprint density at radius 1 is 1.36 bits per heavy atom. The number of hydrogen-bond acceptors (Lipinski definition) is 4. The molecular weight excluding hydrogens is 202 g/mol. The molecule has 5 heteroatoms. The van der Waals surface area contributed by atoms with Gasteiger partial charge < -0.3 is 10.2 Å². The van der Waals surface area contributed by atoms with Crippen molar-refractivity contribution in [2.24, 2.45) is 11.7 Å². The molecule has 0 unspecified atom stereocenters. The quantitative estimate of drug-likeness (QED) is 0.820. The number of rotatable bonds is 2. The summed E-state index contributed by atoms with van der Waals surface area (Å²) in [5.41, 5.74) is 5.62. The number of nitrogens with two attached hydrogens (primary N) is 1. The minimum Gasteiger partial charge on any atom is -0.428 e. The summed E-state index contributed by atoms with van der Waals surface area (Å²) in [4.78, 5) is 0. The van der Waals surface area contributed by atoms with Gasteiger partial charge in [0.1, 0.15) is 0 Å². The Balaban J connectivity index is 0.000000980. The van der Waals surface area contributed by atoms with Gasteiger partial charge in [0.15, 0.2) is 0 Å². The van der Waals surface area contributed by atoms with Crippen molar-refractivity contribution < 1.29 is 4.42 Å². The van der Waals surface area contributed by atoms with E-state index in [2.05, 4.69) is 10.2 Å². The fraction of sp³-hybridized carbons (Fsp3) is 0.778. The van der Waals surface area contributed by atoms with Crippen LogP contribution in [-0.2, 0) is 0 Å². The van der Waals surface area contributed by atoms with Crippen LogP contribution < -0.4 is 5.73 Å². The Hall–Kier alpha value is -0.610. The molecule has 1 aromatic heterocycles. The summed E-state index contributed by atoms with van der Waals surface area (Å²) >= 11 is 0. The monoisotopic (exact) mass is 217 g/mol. The average Bonchev–Trinajstić information content (AvgIpc) is 2.71. The van der Waals surface area contributed by atoms with Gasteiger partial charge in [0.2, 0.25) is 12.3 Å². The van der Waals surface area contributed by atoms with Gasteiger partial charge in [-0.1, -0.05) is 0 Å². The third kappa shape index (κ3) is 2.45. The molecule has 14 heavy (non-hydrogen) atoms. The van der Waals surface area contributed by atoms with E-state index in [9.17, 15) is 0 Å². The molecule has 0 atom stereocenters. The van der Waals surface area contributed by atoms with Crippen LogP contribution in [0.1, 0.15) is 37.5 Å². The van der Waals surface area contributed by atoms with Gasteiger partial charge in [-0.2, -0.15) is 0 Å². The first-order valence-electron chi connectivity index (χ1n) is 4.86. The zero-order chi connectivity index (χ0) is 9.10. The van der Waals surface area contributed by atoms with E-state index in [-0.39, 0.29) is 12.4 Å². The molecule has 1 aliphatic rings. The van der Waals surface area contributed by atoms with Crippen molar-refractivity contribution >= 4 is 12.4 Å². The minimum atomic E-state index is 0. The van der Waals surface area contributed by atoms with Crippen LogP contribution in [0.15, 0.2) is 10.8 Å². The van der Waals surface area contributed by atoms with Gasteiger partial charge in [-0.15, -0.1) is 22.6 Å². The molecule has 4 nitrogen and oxygen atoms in total. The van der Waals surface area contributed by atoms with Gasteiger partial charge in [0.05, 0.1) is 0 Å². The summed E-state index contributed by atoms with van der Waals surface area (Å²) in [6.07, 6.45) is 6.09. The summed E-state index contributed by atoms with van der Waals surface area (Å²) < 4.78 is 5.19. The van der Waals surface area contributed by atoms with Crippen LogP contribution in [0.5, 0.6) is 0 Å². The van der Waals surface area contributed by atoms with E-state index >= 15 is 0 Å². The van der Waals surface area contributed by atoms with Crippen LogP contribution in [0.25, 0.3) is 0 Å². The van der Waals surface area contributed by atoms with Gasteiger partial charge in [0.25, 0.3) is 0 Å². The molecule has 1 aliphatic carbocycles. The second-order valence-electron chi connectivity index (χ2n) is 3.73. The lowest BCUT2D eigenvalue weighted by atomic mass is 9.82. The number of nitrogens with zero attached hydrogens (tertiary/aromatic N) is 2. The van der Waals surface area contributed by atoms with Crippen molar-refractivity contribution in [1.82, 2.24) is 10.2 Å². The molecule has 0 aliphatic heterocycles. The van der Waals surface area contributed by atoms with Crippen LogP contribution in [0.3, 0.4) is 0 Å². The fourth-order valence-corrected chi connectivity index (χ4v) is 2.00. The first kappa shape index (κ1) is 11.5. The molecule has 2 N–H and O–H groups in total. The van der Waals surface area contributed by atoms with E-state index in [1.807, 2.05) is 0 Å². The van der Waals surface area contributed by atoms with Gasteiger partial charge in [-0.3, -0.25) is 0 Å². The summed E-state index contributed by atoms with van der Waals surface area (Å²) in [6.45, 7) is 0.816. The Bertz CT molecular complexity index is 245. The lowest BCUT2D eigenvalue weighted by molar-refractivity contribution is 0.297. The van der Waals surface area contributed by atoms with Gasteiger partial charge in [-0.25, -0.2) is 0 Å². The molecule has 0 amide bonds. The van der Waals surface area contributed by atoms with E-state index in [0.717, 1.165) is 25.3 Å². The third-order valence-corrected chi connectivity index (χ3v) is 2.91. The predicted molar refractivity (Wildman–Crippen MR) is 55.3 cm³/mol. The standard InChI is InChI=1S/C9H15N3O.ClH/c10-5-7-1-3-8(4-2-7)9-12-11-6-13-9;/h6-8H,1-5,10H2;1H.